The fourth-order valence-electron chi connectivity index (χ4n) is 3.61. The Morgan fingerprint density at radius 3 is 2.25 bits per heavy atom. The lowest BCUT2D eigenvalue weighted by atomic mass is 10.1. The summed E-state index contributed by atoms with van der Waals surface area (Å²) in [7, 11) is -7.26. The van der Waals surface area contributed by atoms with E-state index >= 15 is 0 Å². The van der Waals surface area contributed by atoms with E-state index in [0.717, 1.165) is 6.26 Å². The average Bonchev–Trinajstić information content (AvgIpc) is 2.72. The van der Waals surface area contributed by atoms with Gasteiger partial charge in [-0.3, -0.25) is 4.72 Å². The summed E-state index contributed by atoms with van der Waals surface area (Å²) in [5, 5.41) is 0.304. The van der Waals surface area contributed by atoms with Crippen molar-refractivity contribution < 1.29 is 16.8 Å². The molecule has 0 atom stereocenters. The van der Waals surface area contributed by atoms with Crippen LogP contribution in [-0.4, -0.2) is 52.2 Å². The number of fused-ring (bicyclic) bond motifs is 1. The Balaban J connectivity index is 1.67. The molecule has 2 N–H and O–H groups in total. The smallest absolute Gasteiger partial charge is 0.263 e. The first-order valence-electron chi connectivity index (χ1n) is 9.88. The molecule has 32 heavy (non-hydrogen) atoms. The van der Waals surface area contributed by atoms with Gasteiger partial charge < -0.3 is 4.90 Å². The lowest BCUT2D eigenvalue weighted by Crippen LogP contribution is -2.44. The lowest BCUT2D eigenvalue weighted by molar-refractivity contribution is 0.460. The van der Waals surface area contributed by atoms with Gasteiger partial charge in [0.05, 0.1) is 22.2 Å². The molecule has 0 spiro atoms. The summed E-state index contributed by atoms with van der Waals surface area (Å²) in [4.78, 5) is 11.1. The number of hydrogen-bond donors (Lipinski definition) is 2. The van der Waals surface area contributed by atoms with E-state index in [9.17, 15) is 16.8 Å². The molecule has 0 radical (unpaired) electrons. The van der Waals surface area contributed by atoms with Crippen LogP contribution < -0.4 is 14.3 Å². The van der Waals surface area contributed by atoms with E-state index in [-0.39, 0.29) is 16.8 Å². The van der Waals surface area contributed by atoms with Gasteiger partial charge in [0, 0.05) is 24.2 Å². The molecule has 2 heterocycles. The number of piperidine rings is 1. The number of aromatic nitrogens is 2. The number of anilines is 2. The molecule has 0 unspecified atom stereocenters. The quantitative estimate of drug-likeness (QED) is 0.539. The normalized spacial score (nSPS) is 15.8. The maximum Gasteiger partial charge on any atom is 0.263 e. The number of sulfonamides is 2. The van der Waals surface area contributed by atoms with Crippen molar-refractivity contribution in [3.8, 4) is 0 Å². The molecule has 1 saturated heterocycles. The predicted molar refractivity (Wildman–Crippen MR) is 125 cm³/mol. The van der Waals surface area contributed by atoms with Crippen LogP contribution in [0.25, 0.3) is 11.0 Å². The minimum atomic E-state index is -3.96. The molecular weight excluding hydrogens is 474 g/mol. The van der Waals surface area contributed by atoms with Gasteiger partial charge in [-0.25, -0.2) is 31.5 Å². The third kappa shape index (κ3) is 5.29. The van der Waals surface area contributed by atoms with Crippen molar-refractivity contribution >= 4 is 54.3 Å². The summed E-state index contributed by atoms with van der Waals surface area (Å²) in [5.74, 6) is 0.505. The van der Waals surface area contributed by atoms with Gasteiger partial charge in [-0.1, -0.05) is 29.8 Å². The largest absolute Gasteiger partial charge is 0.353 e. The fourth-order valence-corrected chi connectivity index (χ4v) is 5.76. The van der Waals surface area contributed by atoms with Gasteiger partial charge in [0.25, 0.3) is 10.0 Å². The second-order valence-corrected chi connectivity index (χ2v) is 11.5. The van der Waals surface area contributed by atoms with Crippen molar-refractivity contribution in [1.82, 2.24) is 14.7 Å². The predicted octanol–water partition coefficient (Wildman–Crippen LogP) is 2.60. The first kappa shape index (κ1) is 22.7. The molecule has 1 aliphatic rings. The van der Waals surface area contributed by atoms with Gasteiger partial charge in [0.15, 0.2) is 11.6 Å². The lowest BCUT2D eigenvalue weighted by Gasteiger charge is -2.33. The molecule has 3 aromatic rings. The standard InChI is InChI=1S/C20H22ClN5O4S2/c1-31(27,28)24-15-9-11-26(12-10-15)20-19(22-17-7-2-3-8-18(17)23-20)25-32(29,30)16-6-4-5-14(21)13-16/h2-8,13,15,24H,9-12H2,1H3,(H,22,25). The van der Waals surface area contributed by atoms with Crippen LogP contribution in [0, 0.1) is 0 Å². The third-order valence-corrected chi connectivity index (χ3v) is 7.40. The zero-order valence-corrected chi connectivity index (χ0v) is 19.6. The number of para-hydroxylation sites is 2. The van der Waals surface area contributed by atoms with Gasteiger partial charge in [-0.05, 0) is 43.2 Å². The molecule has 2 aromatic carbocycles. The van der Waals surface area contributed by atoms with Crippen LogP contribution in [0.15, 0.2) is 53.4 Å². The number of nitrogens with one attached hydrogen (secondary N) is 2. The Kier molecular flexibility index (Phi) is 6.26. The van der Waals surface area contributed by atoms with Crippen LogP contribution >= 0.6 is 11.6 Å². The SMILES string of the molecule is CS(=O)(=O)NC1CCN(c2nc3ccccc3nc2NS(=O)(=O)c2cccc(Cl)c2)CC1. The second kappa shape index (κ2) is 8.81. The van der Waals surface area contributed by atoms with Crippen LogP contribution in [0.2, 0.25) is 5.02 Å². The highest BCUT2D eigenvalue weighted by molar-refractivity contribution is 7.92. The summed E-state index contributed by atoms with van der Waals surface area (Å²) in [5.41, 5.74) is 1.18. The molecular formula is C20H22ClN5O4S2. The van der Waals surface area contributed by atoms with Gasteiger partial charge >= 0.3 is 0 Å². The van der Waals surface area contributed by atoms with Gasteiger partial charge in [-0.2, -0.15) is 0 Å². The fraction of sp³-hybridized carbons (Fsp3) is 0.300. The average molecular weight is 496 g/mol. The molecule has 170 valence electrons. The van der Waals surface area contributed by atoms with Gasteiger partial charge in [0.2, 0.25) is 10.0 Å². The highest BCUT2D eigenvalue weighted by Crippen LogP contribution is 2.30. The zero-order chi connectivity index (χ0) is 22.9. The Morgan fingerprint density at radius 2 is 1.62 bits per heavy atom. The van der Waals surface area contributed by atoms with Crippen molar-refractivity contribution in [2.45, 2.75) is 23.8 Å². The van der Waals surface area contributed by atoms with Crippen molar-refractivity contribution in [1.29, 1.82) is 0 Å². The summed E-state index contributed by atoms with van der Waals surface area (Å²) in [6.45, 7) is 0.984. The van der Waals surface area contributed by atoms with Crippen LogP contribution in [-0.2, 0) is 20.0 Å². The first-order valence-corrected chi connectivity index (χ1v) is 13.6. The monoisotopic (exact) mass is 495 g/mol. The molecule has 0 bridgehead atoms. The van der Waals surface area contributed by atoms with Crippen LogP contribution in [0.4, 0.5) is 11.6 Å². The summed E-state index contributed by atoms with van der Waals surface area (Å²) in [6, 6.07) is 13.0. The Labute approximate surface area is 191 Å². The first-order chi connectivity index (χ1) is 15.1. The van der Waals surface area contributed by atoms with Crippen molar-refractivity contribution in [3.63, 3.8) is 0 Å². The summed E-state index contributed by atoms with van der Waals surface area (Å²) in [6.07, 6.45) is 2.25. The molecule has 0 saturated carbocycles. The van der Waals surface area contributed by atoms with Crippen molar-refractivity contribution in [2.75, 3.05) is 29.0 Å². The number of nitrogens with zero attached hydrogens (tertiary/aromatic N) is 3. The number of benzene rings is 2. The highest BCUT2D eigenvalue weighted by atomic mass is 35.5. The van der Waals surface area contributed by atoms with E-state index in [1.54, 1.807) is 30.3 Å². The molecule has 9 nitrogen and oxygen atoms in total. The number of halogens is 1. The topological polar surface area (TPSA) is 121 Å². The summed E-state index contributed by atoms with van der Waals surface area (Å²) >= 11 is 5.97. The van der Waals surface area contributed by atoms with E-state index in [4.69, 9.17) is 11.6 Å². The molecule has 1 fully saturated rings. The van der Waals surface area contributed by atoms with E-state index in [1.807, 2.05) is 11.0 Å². The third-order valence-electron chi connectivity index (χ3n) is 5.06. The van der Waals surface area contributed by atoms with E-state index in [0.29, 0.717) is 47.8 Å². The molecule has 0 aliphatic carbocycles. The highest BCUT2D eigenvalue weighted by Gasteiger charge is 2.27. The Bertz CT molecular complexity index is 1360. The maximum absolute atomic E-state index is 13.0. The van der Waals surface area contributed by atoms with E-state index < -0.39 is 20.0 Å². The number of hydrogen-bond acceptors (Lipinski definition) is 7. The Hall–Kier alpha value is -2.47. The van der Waals surface area contributed by atoms with Crippen molar-refractivity contribution in [3.05, 3.63) is 53.6 Å². The molecule has 12 heteroatoms. The molecule has 0 amide bonds. The second-order valence-electron chi connectivity index (χ2n) is 7.60. The molecule has 1 aliphatic heterocycles. The van der Waals surface area contributed by atoms with Crippen LogP contribution in [0.5, 0.6) is 0 Å². The van der Waals surface area contributed by atoms with E-state index in [1.165, 1.54) is 12.1 Å². The molecule has 4 rings (SSSR count). The van der Waals surface area contributed by atoms with E-state index in [2.05, 4.69) is 19.4 Å². The minimum absolute atomic E-state index is 0.0157. The van der Waals surface area contributed by atoms with Gasteiger partial charge in [0.1, 0.15) is 0 Å². The summed E-state index contributed by atoms with van der Waals surface area (Å²) < 4.78 is 54.3. The molecule has 1 aromatic heterocycles. The van der Waals surface area contributed by atoms with Crippen LogP contribution in [0.3, 0.4) is 0 Å². The van der Waals surface area contributed by atoms with Crippen LogP contribution in [0.1, 0.15) is 12.8 Å². The number of rotatable bonds is 6. The zero-order valence-electron chi connectivity index (χ0n) is 17.2. The van der Waals surface area contributed by atoms with Crippen molar-refractivity contribution in [2.24, 2.45) is 0 Å². The Morgan fingerprint density at radius 1 is 0.969 bits per heavy atom. The maximum atomic E-state index is 13.0. The minimum Gasteiger partial charge on any atom is -0.353 e. The van der Waals surface area contributed by atoms with Gasteiger partial charge in [-0.15, -0.1) is 0 Å².